The number of H-pyrrole nitrogens is 1. The minimum Gasteiger partial charge on any atom is -0.493 e. The molecule has 1 fully saturated rings. The summed E-state index contributed by atoms with van der Waals surface area (Å²) in [6.07, 6.45) is 6.33. The number of imidazole rings is 1. The van der Waals surface area contributed by atoms with Crippen LogP contribution in [0.4, 0.5) is 5.95 Å². The fourth-order valence-electron chi connectivity index (χ4n) is 8.15. The molecule has 3 aliphatic rings. The van der Waals surface area contributed by atoms with Gasteiger partial charge in [-0.25, -0.2) is 4.98 Å². The zero-order valence-corrected chi connectivity index (χ0v) is 31.3. The Morgan fingerprint density at radius 3 is 2.21 bits per heavy atom. The topological polar surface area (TPSA) is 191 Å². The Morgan fingerprint density at radius 1 is 0.925 bits per heavy atom. The van der Waals surface area contributed by atoms with Crippen LogP contribution in [0.1, 0.15) is 60.5 Å². The van der Waals surface area contributed by atoms with Crippen LogP contribution < -0.4 is 35.6 Å². The number of nitrogen functional groups attached to an aromatic ring is 1. The zero-order chi connectivity index (χ0) is 37.6. The standard InChI is InChI=1S/C29H40N2O4.C9H13N5O4/c1-6-18-17-31-10-8-20-14-27(33-3)29(35-5)16-23(20)25(31)12-21(18)11-24-22-15-28(34-4)26(32-2)13-19(22)7-9-30-24;10-9-12-7-6(8(17)13-9)11-3-14(7)4-18-5(1-15)2-16/h13-16,18,21,24-25,30H,6-12,17H2,1-5H3;3,5,15-16H,1-2,4H2,(H3,10,12,13,17)/t18-,21-,24+,25-;/m0./s1. The van der Waals surface area contributed by atoms with Crippen LogP contribution in [0.2, 0.25) is 0 Å². The van der Waals surface area contributed by atoms with Crippen molar-refractivity contribution in [3.8, 4) is 23.0 Å². The molecule has 15 nitrogen and oxygen atoms in total. The van der Waals surface area contributed by atoms with Crippen molar-refractivity contribution < 1.29 is 33.9 Å². The number of aliphatic hydroxyl groups excluding tert-OH is 2. The first-order valence-electron chi connectivity index (χ1n) is 18.3. The molecule has 288 valence electrons. The number of ether oxygens (including phenoxy) is 5. The number of hydrogen-bond donors (Lipinski definition) is 5. The zero-order valence-electron chi connectivity index (χ0n) is 31.3. The number of aliphatic hydroxyl groups is 2. The molecule has 2 aromatic heterocycles. The van der Waals surface area contributed by atoms with Gasteiger partial charge in [0, 0.05) is 25.2 Å². The van der Waals surface area contributed by atoms with Crippen molar-refractivity contribution in [2.24, 2.45) is 11.8 Å². The smallest absolute Gasteiger partial charge is 0.280 e. The van der Waals surface area contributed by atoms with Crippen molar-refractivity contribution in [2.75, 3.05) is 67.0 Å². The van der Waals surface area contributed by atoms with Crippen molar-refractivity contribution >= 4 is 17.1 Å². The summed E-state index contributed by atoms with van der Waals surface area (Å²) in [6, 6.07) is 9.61. The molecule has 0 saturated carbocycles. The van der Waals surface area contributed by atoms with E-state index in [0.29, 0.717) is 23.9 Å². The predicted octanol–water partition coefficient (Wildman–Crippen LogP) is 2.97. The monoisotopic (exact) mass is 735 g/mol. The number of nitrogens with one attached hydrogen (secondary N) is 2. The summed E-state index contributed by atoms with van der Waals surface area (Å²) in [5.41, 5.74) is 11.0. The number of fused-ring (bicyclic) bond motifs is 5. The van der Waals surface area contributed by atoms with Crippen LogP contribution >= 0.6 is 0 Å². The van der Waals surface area contributed by atoms with Crippen molar-refractivity contribution in [3.05, 3.63) is 63.2 Å². The number of anilines is 1. The fraction of sp³-hybridized carbons (Fsp3) is 0.553. The van der Waals surface area contributed by atoms with E-state index in [9.17, 15) is 4.79 Å². The second kappa shape index (κ2) is 17.2. The Bertz CT molecular complexity index is 1910. The van der Waals surface area contributed by atoms with Gasteiger partial charge in [0.1, 0.15) is 12.8 Å². The molecule has 5 heterocycles. The van der Waals surface area contributed by atoms with E-state index in [0.717, 1.165) is 55.4 Å². The molecule has 53 heavy (non-hydrogen) atoms. The molecular formula is C38H53N7O8. The minimum atomic E-state index is -0.693. The van der Waals surface area contributed by atoms with E-state index in [1.807, 2.05) is 0 Å². The molecule has 4 atom stereocenters. The van der Waals surface area contributed by atoms with Gasteiger partial charge in [-0.3, -0.25) is 19.2 Å². The summed E-state index contributed by atoms with van der Waals surface area (Å²) in [7, 11) is 6.90. The first kappa shape index (κ1) is 38.3. The van der Waals surface area contributed by atoms with E-state index in [1.165, 1.54) is 52.5 Å². The third-order valence-corrected chi connectivity index (χ3v) is 11.0. The van der Waals surface area contributed by atoms with Crippen molar-refractivity contribution in [3.63, 3.8) is 0 Å². The second-order valence-corrected chi connectivity index (χ2v) is 13.8. The van der Waals surface area contributed by atoms with Crippen molar-refractivity contribution in [1.29, 1.82) is 0 Å². The Hall–Kier alpha value is -4.41. The molecule has 0 radical (unpaired) electrons. The lowest BCUT2D eigenvalue weighted by molar-refractivity contribution is -0.0488. The maximum absolute atomic E-state index is 11.5. The van der Waals surface area contributed by atoms with Gasteiger partial charge in [0.25, 0.3) is 5.56 Å². The van der Waals surface area contributed by atoms with E-state index in [4.69, 9.17) is 39.6 Å². The number of rotatable bonds is 12. The second-order valence-electron chi connectivity index (χ2n) is 13.8. The number of methoxy groups -OCH3 is 4. The maximum atomic E-state index is 11.5. The van der Waals surface area contributed by atoms with Crippen LogP contribution in [0.5, 0.6) is 23.0 Å². The number of nitrogens with two attached hydrogens (primary N) is 1. The first-order chi connectivity index (χ1) is 25.7. The van der Waals surface area contributed by atoms with E-state index in [-0.39, 0.29) is 37.1 Å². The molecule has 15 heteroatoms. The molecule has 0 aliphatic carbocycles. The van der Waals surface area contributed by atoms with Crippen LogP contribution in [0.3, 0.4) is 0 Å². The van der Waals surface area contributed by atoms with Gasteiger partial charge in [-0.1, -0.05) is 13.3 Å². The Balaban J connectivity index is 0.000000225. The highest BCUT2D eigenvalue weighted by molar-refractivity contribution is 5.70. The number of aromatic nitrogens is 4. The number of aromatic amines is 1. The summed E-state index contributed by atoms with van der Waals surface area (Å²) in [5.74, 6) is 4.67. The molecule has 0 amide bonds. The number of piperidine rings is 1. The largest absolute Gasteiger partial charge is 0.493 e. The van der Waals surface area contributed by atoms with Crippen molar-refractivity contribution in [2.45, 2.75) is 63.9 Å². The molecule has 3 aliphatic heterocycles. The highest BCUT2D eigenvalue weighted by Gasteiger charge is 2.40. The van der Waals surface area contributed by atoms with Gasteiger partial charge in [0.2, 0.25) is 5.95 Å². The van der Waals surface area contributed by atoms with Crippen LogP contribution in [-0.2, 0) is 24.3 Å². The first-order valence-corrected chi connectivity index (χ1v) is 18.3. The Labute approximate surface area is 309 Å². The lowest BCUT2D eigenvalue weighted by Crippen LogP contribution is -2.46. The number of benzene rings is 2. The predicted molar refractivity (Wildman–Crippen MR) is 200 cm³/mol. The Morgan fingerprint density at radius 2 is 1.57 bits per heavy atom. The summed E-state index contributed by atoms with van der Waals surface area (Å²) in [5, 5.41) is 21.5. The summed E-state index contributed by atoms with van der Waals surface area (Å²) >= 11 is 0. The Kier molecular flexibility index (Phi) is 12.4. The minimum absolute atomic E-state index is 0.00181. The van der Waals surface area contributed by atoms with Crippen LogP contribution in [0.15, 0.2) is 35.4 Å². The lowest BCUT2D eigenvalue weighted by Gasteiger charge is -2.48. The molecule has 0 spiro atoms. The third-order valence-electron chi connectivity index (χ3n) is 11.0. The summed E-state index contributed by atoms with van der Waals surface area (Å²) in [4.78, 5) is 24.4. The summed E-state index contributed by atoms with van der Waals surface area (Å²) in [6.45, 7) is 5.05. The van der Waals surface area contributed by atoms with Crippen LogP contribution in [0.25, 0.3) is 11.2 Å². The molecule has 6 N–H and O–H groups in total. The van der Waals surface area contributed by atoms with Gasteiger partial charge in [-0.15, -0.1) is 0 Å². The van der Waals surface area contributed by atoms with Crippen molar-refractivity contribution in [1.82, 2.24) is 29.7 Å². The van der Waals surface area contributed by atoms with Gasteiger partial charge in [-0.2, -0.15) is 4.98 Å². The number of nitrogens with zero attached hydrogens (tertiary/aromatic N) is 4. The van der Waals surface area contributed by atoms with Crippen LogP contribution in [0, 0.1) is 11.8 Å². The molecule has 7 rings (SSSR count). The molecule has 0 bridgehead atoms. The molecule has 4 aromatic rings. The van der Waals surface area contributed by atoms with Crippen LogP contribution in [-0.4, -0.2) is 102 Å². The summed E-state index contributed by atoms with van der Waals surface area (Å²) < 4.78 is 29.2. The van der Waals surface area contributed by atoms with Gasteiger partial charge >= 0.3 is 0 Å². The van der Waals surface area contributed by atoms with E-state index < -0.39 is 11.7 Å². The average Bonchev–Trinajstić information content (AvgIpc) is 3.60. The quantitative estimate of drug-likeness (QED) is 0.143. The van der Waals surface area contributed by atoms with E-state index in [1.54, 1.807) is 28.4 Å². The molecule has 1 saturated heterocycles. The highest BCUT2D eigenvalue weighted by Crippen LogP contribution is 2.48. The molecule has 2 aromatic carbocycles. The van der Waals surface area contributed by atoms with Gasteiger partial charge in [-0.05, 0) is 90.6 Å². The lowest BCUT2D eigenvalue weighted by atomic mass is 9.72. The van der Waals surface area contributed by atoms with E-state index in [2.05, 4.69) is 56.4 Å². The highest BCUT2D eigenvalue weighted by atomic mass is 16.5. The molecular weight excluding hydrogens is 682 g/mol. The van der Waals surface area contributed by atoms with E-state index >= 15 is 0 Å². The normalized spacial score (nSPS) is 20.9. The maximum Gasteiger partial charge on any atom is 0.280 e. The average molecular weight is 736 g/mol. The number of hydrogen-bond acceptors (Lipinski definition) is 13. The van der Waals surface area contributed by atoms with Gasteiger partial charge in [0.15, 0.2) is 34.2 Å². The SMILES string of the molecule is CC[C@H]1CN2CCc3cc(OC)c(OC)cc3[C@@H]2C[C@@H]1C[C@H]1NCCc2cc(OC)c(OC)cc21.Nc1nc2c(ncn2COC(CO)CO)c(=O)[nH]1. The van der Waals surface area contributed by atoms with Gasteiger partial charge in [0.05, 0.1) is 48.0 Å². The molecule has 0 unspecified atom stereocenters. The fourth-order valence-corrected chi connectivity index (χ4v) is 8.15. The van der Waals surface area contributed by atoms with Gasteiger partial charge < -0.3 is 44.9 Å². The third kappa shape index (κ3) is 8.09.